The molecule has 3 nitrogen and oxygen atoms in total. The number of hydrogen-bond acceptors (Lipinski definition) is 3. The standard InChI is InChI=1S/C12H14BrN3/c13-11-3-1-10(2-4-11)9-16-6-5-15-8-12(16)7-14/h1-4,12,15H,5-6,8-9H2. The molecular formula is C12H14BrN3. The molecule has 0 amide bonds. The van der Waals surface area contributed by atoms with Crippen LogP contribution in [-0.2, 0) is 6.54 Å². The second-order valence-electron chi connectivity index (χ2n) is 3.95. The summed E-state index contributed by atoms with van der Waals surface area (Å²) >= 11 is 3.42. The number of nitrogens with one attached hydrogen (secondary N) is 1. The summed E-state index contributed by atoms with van der Waals surface area (Å²) in [5.41, 5.74) is 1.25. The highest BCUT2D eigenvalue weighted by molar-refractivity contribution is 9.10. The first-order valence-electron chi connectivity index (χ1n) is 5.38. The van der Waals surface area contributed by atoms with Gasteiger partial charge in [-0.15, -0.1) is 0 Å². The van der Waals surface area contributed by atoms with E-state index in [-0.39, 0.29) is 6.04 Å². The fraction of sp³-hybridized carbons (Fsp3) is 0.417. The molecule has 1 N–H and O–H groups in total. The molecular weight excluding hydrogens is 266 g/mol. The van der Waals surface area contributed by atoms with Crippen molar-refractivity contribution in [3.8, 4) is 6.07 Å². The predicted molar refractivity (Wildman–Crippen MR) is 66.8 cm³/mol. The second-order valence-corrected chi connectivity index (χ2v) is 4.86. The molecule has 0 aromatic heterocycles. The lowest BCUT2D eigenvalue weighted by Crippen LogP contribution is -2.49. The number of rotatable bonds is 2. The summed E-state index contributed by atoms with van der Waals surface area (Å²) in [4.78, 5) is 2.22. The molecule has 1 aromatic carbocycles. The van der Waals surface area contributed by atoms with Gasteiger partial charge in [0.1, 0.15) is 6.04 Å². The van der Waals surface area contributed by atoms with Crippen molar-refractivity contribution in [3.63, 3.8) is 0 Å². The maximum Gasteiger partial charge on any atom is 0.111 e. The van der Waals surface area contributed by atoms with Gasteiger partial charge in [0.15, 0.2) is 0 Å². The number of piperazine rings is 1. The molecule has 1 aromatic rings. The van der Waals surface area contributed by atoms with E-state index >= 15 is 0 Å². The first kappa shape index (κ1) is 11.6. The normalized spacial score (nSPS) is 21.6. The molecule has 1 unspecified atom stereocenters. The molecule has 1 fully saturated rings. The Bertz CT molecular complexity index is 382. The third-order valence-corrected chi connectivity index (χ3v) is 3.33. The summed E-state index contributed by atoms with van der Waals surface area (Å²) in [5.74, 6) is 0. The number of hydrogen-bond donors (Lipinski definition) is 1. The van der Waals surface area contributed by atoms with Crippen molar-refractivity contribution in [2.75, 3.05) is 19.6 Å². The molecule has 4 heteroatoms. The van der Waals surface area contributed by atoms with E-state index in [0.717, 1.165) is 30.7 Å². The zero-order valence-electron chi connectivity index (χ0n) is 8.99. The van der Waals surface area contributed by atoms with Crippen LogP contribution >= 0.6 is 15.9 Å². The summed E-state index contributed by atoms with van der Waals surface area (Å²) in [7, 11) is 0. The molecule has 0 radical (unpaired) electrons. The summed E-state index contributed by atoms with van der Waals surface area (Å²) in [5, 5.41) is 12.3. The van der Waals surface area contributed by atoms with E-state index < -0.39 is 0 Å². The van der Waals surface area contributed by atoms with Gasteiger partial charge in [-0.1, -0.05) is 28.1 Å². The van der Waals surface area contributed by atoms with Crippen LogP contribution in [0.1, 0.15) is 5.56 Å². The summed E-state index contributed by atoms with van der Waals surface area (Å²) < 4.78 is 1.09. The zero-order valence-corrected chi connectivity index (χ0v) is 10.6. The Hall–Kier alpha value is -0.890. The lowest BCUT2D eigenvalue weighted by Gasteiger charge is -2.31. The van der Waals surface area contributed by atoms with Gasteiger partial charge in [0.2, 0.25) is 0 Å². The Morgan fingerprint density at radius 1 is 1.44 bits per heavy atom. The Labute approximate surface area is 104 Å². The first-order valence-corrected chi connectivity index (χ1v) is 6.18. The van der Waals surface area contributed by atoms with Gasteiger partial charge in [-0.2, -0.15) is 5.26 Å². The van der Waals surface area contributed by atoms with Gasteiger partial charge in [-0.25, -0.2) is 0 Å². The second kappa shape index (κ2) is 5.44. The van der Waals surface area contributed by atoms with Crippen molar-refractivity contribution in [2.24, 2.45) is 0 Å². The van der Waals surface area contributed by atoms with Crippen LogP contribution in [-0.4, -0.2) is 30.6 Å². The molecule has 0 aliphatic carbocycles. The molecule has 1 aliphatic rings. The van der Waals surface area contributed by atoms with Crippen LogP contribution in [0.2, 0.25) is 0 Å². The summed E-state index contributed by atoms with van der Waals surface area (Å²) in [6.45, 7) is 3.53. The summed E-state index contributed by atoms with van der Waals surface area (Å²) in [6.07, 6.45) is 0. The molecule has 16 heavy (non-hydrogen) atoms. The molecule has 84 valence electrons. The average Bonchev–Trinajstić information content (AvgIpc) is 2.33. The van der Waals surface area contributed by atoms with Gasteiger partial charge in [0, 0.05) is 30.7 Å². The minimum atomic E-state index is -0.00241. The van der Waals surface area contributed by atoms with Gasteiger partial charge in [-0.05, 0) is 17.7 Å². The largest absolute Gasteiger partial charge is 0.313 e. The molecule has 2 rings (SSSR count). The van der Waals surface area contributed by atoms with Crippen LogP contribution in [0.4, 0.5) is 0 Å². The van der Waals surface area contributed by atoms with Crippen LogP contribution in [0.5, 0.6) is 0 Å². The monoisotopic (exact) mass is 279 g/mol. The van der Waals surface area contributed by atoms with Gasteiger partial charge in [0.25, 0.3) is 0 Å². The third kappa shape index (κ3) is 2.82. The number of nitrogens with zero attached hydrogens (tertiary/aromatic N) is 2. The van der Waals surface area contributed by atoms with Crippen LogP contribution in [0, 0.1) is 11.3 Å². The Balaban J connectivity index is 2.02. The predicted octanol–water partition coefficient (Wildman–Crippen LogP) is 1.75. The highest BCUT2D eigenvalue weighted by Gasteiger charge is 2.21. The first-order chi connectivity index (χ1) is 7.79. The molecule has 1 aliphatic heterocycles. The van der Waals surface area contributed by atoms with Gasteiger partial charge in [-0.3, -0.25) is 4.90 Å². The van der Waals surface area contributed by atoms with Gasteiger partial charge >= 0.3 is 0 Å². The van der Waals surface area contributed by atoms with Crippen LogP contribution < -0.4 is 5.32 Å². The van der Waals surface area contributed by atoms with E-state index in [2.05, 4.69) is 44.3 Å². The minimum Gasteiger partial charge on any atom is -0.313 e. The van der Waals surface area contributed by atoms with Crippen LogP contribution in [0.3, 0.4) is 0 Å². The van der Waals surface area contributed by atoms with Crippen molar-refractivity contribution in [1.82, 2.24) is 10.2 Å². The van der Waals surface area contributed by atoms with E-state index in [1.807, 2.05) is 12.1 Å². The highest BCUT2D eigenvalue weighted by Crippen LogP contribution is 2.14. The fourth-order valence-corrected chi connectivity index (χ4v) is 2.15. The third-order valence-electron chi connectivity index (χ3n) is 2.80. The SMILES string of the molecule is N#CC1CNCCN1Cc1ccc(Br)cc1. The van der Waals surface area contributed by atoms with E-state index in [0.29, 0.717) is 0 Å². The molecule has 1 atom stereocenters. The van der Waals surface area contributed by atoms with E-state index in [1.165, 1.54) is 5.56 Å². The van der Waals surface area contributed by atoms with E-state index in [9.17, 15) is 0 Å². The molecule has 0 spiro atoms. The molecule has 0 bridgehead atoms. The minimum absolute atomic E-state index is 0.00241. The molecule has 1 heterocycles. The maximum absolute atomic E-state index is 9.04. The molecule has 0 saturated carbocycles. The van der Waals surface area contributed by atoms with E-state index in [4.69, 9.17) is 5.26 Å². The van der Waals surface area contributed by atoms with Crippen molar-refractivity contribution in [3.05, 3.63) is 34.3 Å². The number of nitriles is 1. The maximum atomic E-state index is 9.04. The highest BCUT2D eigenvalue weighted by atomic mass is 79.9. The van der Waals surface area contributed by atoms with Crippen molar-refractivity contribution >= 4 is 15.9 Å². The van der Waals surface area contributed by atoms with Crippen molar-refractivity contribution < 1.29 is 0 Å². The van der Waals surface area contributed by atoms with Crippen LogP contribution in [0.15, 0.2) is 28.7 Å². The van der Waals surface area contributed by atoms with Gasteiger partial charge < -0.3 is 5.32 Å². The quantitative estimate of drug-likeness (QED) is 0.897. The lowest BCUT2D eigenvalue weighted by molar-refractivity contribution is 0.189. The smallest absolute Gasteiger partial charge is 0.111 e. The lowest BCUT2D eigenvalue weighted by atomic mass is 10.1. The van der Waals surface area contributed by atoms with Crippen LogP contribution in [0.25, 0.3) is 0 Å². The fourth-order valence-electron chi connectivity index (χ4n) is 1.89. The Morgan fingerprint density at radius 3 is 2.88 bits per heavy atom. The molecule has 1 saturated heterocycles. The van der Waals surface area contributed by atoms with Gasteiger partial charge in [0.05, 0.1) is 6.07 Å². The Morgan fingerprint density at radius 2 is 2.19 bits per heavy atom. The van der Waals surface area contributed by atoms with Crippen molar-refractivity contribution in [1.29, 1.82) is 5.26 Å². The number of halogens is 1. The van der Waals surface area contributed by atoms with Crippen molar-refractivity contribution in [2.45, 2.75) is 12.6 Å². The zero-order chi connectivity index (χ0) is 11.4. The topological polar surface area (TPSA) is 39.1 Å². The summed E-state index contributed by atoms with van der Waals surface area (Å²) in [6, 6.07) is 10.6. The average molecular weight is 280 g/mol. The number of benzene rings is 1. The Kier molecular flexibility index (Phi) is 3.94. The van der Waals surface area contributed by atoms with E-state index in [1.54, 1.807) is 0 Å².